The lowest BCUT2D eigenvalue weighted by molar-refractivity contribution is 0.0756. The molecule has 1 aliphatic heterocycles. The molecule has 5 heteroatoms. The summed E-state index contributed by atoms with van der Waals surface area (Å²) in [5.41, 5.74) is 1.04. The topological polar surface area (TPSA) is 38.1 Å². The molecule has 1 amide bonds. The van der Waals surface area contributed by atoms with Crippen LogP contribution in [0.15, 0.2) is 30.6 Å². The largest absolute Gasteiger partial charge is 0.341 e. The number of hydrogen-bond acceptors (Lipinski definition) is 2. The maximum absolute atomic E-state index is 13.9. The Hall–Kier alpha value is -2.17. The highest BCUT2D eigenvalue weighted by molar-refractivity contribution is 5.94. The second-order valence-electron chi connectivity index (χ2n) is 6.07. The summed E-state index contributed by atoms with van der Waals surface area (Å²) >= 11 is 0. The molecule has 1 atom stereocenters. The quantitative estimate of drug-likeness (QED) is 0.874. The van der Waals surface area contributed by atoms with Crippen molar-refractivity contribution in [1.82, 2.24) is 14.5 Å². The fourth-order valence-corrected chi connectivity index (χ4v) is 3.06. The Balaban J connectivity index is 1.68. The van der Waals surface area contributed by atoms with Crippen LogP contribution in [0, 0.1) is 18.7 Å². The van der Waals surface area contributed by atoms with Crippen LogP contribution in [0.25, 0.3) is 0 Å². The van der Waals surface area contributed by atoms with E-state index in [1.807, 2.05) is 19.3 Å². The van der Waals surface area contributed by atoms with E-state index >= 15 is 0 Å². The molecule has 0 aliphatic carbocycles. The predicted octanol–water partition coefficient (Wildman–Crippen LogP) is 2.67. The molecule has 4 nitrogen and oxygen atoms in total. The van der Waals surface area contributed by atoms with Crippen molar-refractivity contribution in [1.29, 1.82) is 0 Å². The van der Waals surface area contributed by atoms with E-state index in [9.17, 15) is 9.18 Å². The van der Waals surface area contributed by atoms with Crippen molar-refractivity contribution in [3.05, 3.63) is 53.4 Å². The number of aromatic nitrogens is 2. The molecule has 0 fully saturated rings. The van der Waals surface area contributed by atoms with Crippen LogP contribution >= 0.6 is 0 Å². The lowest BCUT2D eigenvalue weighted by Crippen LogP contribution is -2.35. The van der Waals surface area contributed by atoms with Crippen LogP contribution in [0.1, 0.15) is 28.2 Å². The van der Waals surface area contributed by atoms with Crippen molar-refractivity contribution < 1.29 is 9.18 Å². The number of nitrogens with zero attached hydrogens (tertiary/aromatic N) is 3. The van der Waals surface area contributed by atoms with Gasteiger partial charge >= 0.3 is 0 Å². The van der Waals surface area contributed by atoms with Crippen molar-refractivity contribution in [3.8, 4) is 0 Å². The number of fused-ring (bicyclic) bond motifs is 1. The normalized spacial score (nSPS) is 17.1. The van der Waals surface area contributed by atoms with Crippen LogP contribution in [0.5, 0.6) is 0 Å². The second-order valence-corrected chi connectivity index (χ2v) is 6.07. The standard InChI is InChI=1S/C17H20FN3O/c1-12-3-5-15(18)14(9-12)17(22)20(2)10-13-4-6-16-19-7-8-21(16)11-13/h3,5,7-9,13H,4,6,10-11H2,1-2H3. The summed E-state index contributed by atoms with van der Waals surface area (Å²) < 4.78 is 16.0. The van der Waals surface area contributed by atoms with E-state index in [1.165, 1.54) is 6.07 Å². The molecule has 0 spiro atoms. The van der Waals surface area contributed by atoms with E-state index in [4.69, 9.17) is 0 Å². The number of imidazole rings is 1. The van der Waals surface area contributed by atoms with Gasteiger partial charge in [-0.2, -0.15) is 0 Å². The number of carbonyl (C=O) groups excluding carboxylic acids is 1. The van der Waals surface area contributed by atoms with E-state index in [1.54, 1.807) is 24.1 Å². The van der Waals surface area contributed by atoms with Crippen molar-refractivity contribution in [3.63, 3.8) is 0 Å². The molecule has 0 N–H and O–H groups in total. The summed E-state index contributed by atoms with van der Waals surface area (Å²) in [4.78, 5) is 18.4. The fraction of sp³-hybridized carbons (Fsp3) is 0.412. The van der Waals surface area contributed by atoms with Gasteiger partial charge in [0.15, 0.2) is 0 Å². The minimum absolute atomic E-state index is 0.154. The van der Waals surface area contributed by atoms with Crippen LogP contribution < -0.4 is 0 Å². The molecule has 1 aromatic heterocycles. The van der Waals surface area contributed by atoms with Crippen LogP contribution in [0.3, 0.4) is 0 Å². The molecule has 0 bridgehead atoms. The Morgan fingerprint density at radius 1 is 1.50 bits per heavy atom. The predicted molar refractivity (Wildman–Crippen MR) is 82.1 cm³/mol. The Labute approximate surface area is 129 Å². The molecule has 1 aromatic carbocycles. The summed E-state index contributed by atoms with van der Waals surface area (Å²) in [6.45, 7) is 3.35. The monoisotopic (exact) mass is 301 g/mol. The molecule has 0 radical (unpaired) electrons. The average molecular weight is 301 g/mol. The van der Waals surface area contributed by atoms with E-state index < -0.39 is 5.82 Å². The Morgan fingerprint density at radius 3 is 3.14 bits per heavy atom. The van der Waals surface area contributed by atoms with Gasteiger partial charge in [-0.05, 0) is 31.4 Å². The molecule has 2 aromatic rings. The molecule has 1 aliphatic rings. The first-order valence-corrected chi connectivity index (χ1v) is 7.56. The first-order valence-electron chi connectivity index (χ1n) is 7.56. The molecule has 0 saturated heterocycles. The summed E-state index contributed by atoms with van der Waals surface area (Å²) in [7, 11) is 1.74. The van der Waals surface area contributed by atoms with Gasteiger partial charge in [-0.15, -0.1) is 0 Å². The lowest BCUT2D eigenvalue weighted by Gasteiger charge is -2.28. The van der Waals surface area contributed by atoms with Crippen molar-refractivity contribution in [2.24, 2.45) is 5.92 Å². The lowest BCUT2D eigenvalue weighted by atomic mass is 9.98. The molecular formula is C17H20FN3O. The van der Waals surface area contributed by atoms with E-state index in [0.29, 0.717) is 12.5 Å². The van der Waals surface area contributed by atoms with Gasteiger partial charge in [0.05, 0.1) is 5.56 Å². The number of halogens is 1. The number of amides is 1. The maximum Gasteiger partial charge on any atom is 0.256 e. The van der Waals surface area contributed by atoms with Crippen LogP contribution in [0.2, 0.25) is 0 Å². The van der Waals surface area contributed by atoms with Gasteiger partial charge < -0.3 is 9.47 Å². The zero-order chi connectivity index (χ0) is 15.7. The number of hydrogen-bond donors (Lipinski definition) is 0. The van der Waals surface area contributed by atoms with E-state index in [2.05, 4.69) is 9.55 Å². The highest BCUT2D eigenvalue weighted by Crippen LogP contribution is 2.20. The molecular weight excluding hydrogens is 281 g/mol. The van der Waals surface area contributed by atoms with Crippen molar-refractivity contribution >= 4 is 5.91 Å². The molecule has 3 rings (SSSR count). The van der Waals surface area contributed by atoms with Crippen molar-refractivity contribution in [2.45, 2.75) is 26.3 Å². The van der Waals surface area contributed by atoms with E-state index in [-0.39, 0.29) is 11.5 Å². The zero-order valence-corrected chi connectivity index (χ0v) is 12.9. The third kappa shape index (κ3) is 2.89. The molecule has 2 heterocycles. The highest BCUT2D eigenvalue weighted by atomic mass is 19.1. The Morgan fingerprint density at radius 2 is 2.32 bits per heavy atom. The van der Waals surface area contributed by atoms with Crippen LogP contribution in [-0.4, -0.2) is 34.0 Å². The van der Waals surface area contributed by atoms with E-state index in [0.717, 1.165) is 30.8 Å². The summed E-state index contributed by atoms with van der Waals surface area (Å²) in [5.74, 6) is 0.777. The van der Waals surface area contributed by atoms with Gasteiger partial charge in [-0.25, -0.2) is 9.37 Å². The van der Waals surface area contributed by atoms with Gasteiger partial charge in [0.25, 0.3) is 5.91 Å². The third-order valence-corrected chi connectivity index (χ3v) is 4.26. The smallest absolute Gasteiger partial charge is 0.256 e. The van der Waals surface area contributed by atoms with Crippen LogP contribution in [-0.2, 0) is 13.0 Å². The number of carbonyl (C=O) groups is 1. The van der Waals surface area contributed by atoms with Crippen molar-refractivity contribution in [2.75, 3.05) is 13.6 Å². The molecule has 0 saturated carbocycles. The average Bonchev–Trinajstić information content (AvgIpc) is 2.96. The highest BCUT2D eigenvalue weighted by Gasteiger charge is 2.23. The summed E-state index contributed by atoms with van der Waals surface area (Å²) in [5, 5.41) is 0. The summed E-state index contributed by atoms with van der Waals surface area (Å²) in [6, 6.07) is 4.64. The minimum Gasteiger partial charge on any atom is -0.341 e. The Kier molecular flexibility index (Phi) is 3.96. The van der Waals surface area contributed by atoms with Gasteiger partial charge in [0.1, 0.15) is 11.6 Å². The molecule has 116 valence electrons. The number of aryl methyl sites for hydroxylation is 2. The second kappa shape index (κ2) is 5.91. The maximum atomic E-state index is 13.9. The Bertz CT molecular complexity index is 695. The van der Waals surface area contributed by atoms with Crippen LogP contribution in [0.4, 0.5) is 4.39 Å². The SMILES string of the molecule is Cc1ccc(F)c(C(=O)N(C)CC2CCc3nccn3C2)c1. The fourth-order valence-electron chi connectivity index (χ4n) is 3.06. The molecule has 22 heavy (non-hydrogen) atoms. The molecule has 1 unspecified atom stereocenters. The third-order valence-electron chi connectivity index (χ3n) is 4.26. The van der Waals surface area contributed by atoms with Gasteiger partial charge in [-0.3, -0.25) is 4.79 Å². The minimum atomic E-state index is -0.456. The first-order chi connectivity index (χ1) is 10.5. The summed E-state index contributed by atoms with van der Waals surface area (Å²) in [6.07, 6.45) is 5.72. The van der Waals surface area contributed by atoms with Gasteiger partial charge in [0.2, 0.25) is 0 Å². The van der Waals surface area contributed by atoms with Gasteiger partial charge in [-0.1, -0.05) is 11.6 Å². The first kappa shape index (κ1) is 14.8. The zero-order valence-electron chi connectivity index (χ0n) is 12.9. The van der Waals surface area contributed by atoms with Gasteiger partial charge in [0, 0.05) is 39.0 Å². The number of benzene rings is 1. The number of rotatable bonds is 3.